The Hall–Kier alpha value is -1.75. The Balaban J connectivity index is 1.59. The molecule has 3 rings (SSSR count). The number of rotatable bonds is 4. The summed E-state index contributed by atoms with van der Waals surface area (Å²) >= 11 is 0. The van der Waals surface area contributed by atoms with E-state index in [1.165, 1.54) is 12.8 Å². The summed E-state index contributed by atoms with van der Waals surface area (Å²) in [6.45, 7) is 7.16. The van der Waals surface area contributed by atoms with E-state index in [2.05, 4.69) is 27.8 Å². The molecule has 3 N–H and O–H groups in total. The van der Waals surface area contributed by atoms with Crippen LogP contribution in [0.1, 0.15) is 30.1 Å². The van der Waals surface area contributed by atoms with Gasteiger partial charge in [0.25, 0.3) is 5.91 Å². The van der Waals surface area contributed by atoms with Gasteiger partial charge in [-0.3, -0.25) is 4.79 Å². The van der Waals surface area contributed by atoms with Crippen LogP contribution in [0.3, 0.4) is 0 Å². The highest BCUT2D eigenvalue weighted by Crippen LogP contribution is 2.25. The van der Waals surface area contributed by atoms with Crippen molar-refractivity contribution < 1.29 is 4.79 Å². The third kappa shape index (κ3) is 3.47. The molecule has 1 aromatic carbocycles. The lowest BCUT2D eigenvalue weighted by Crippen LogP contribution is -2.41. The van der Waals surface area contributed by atoms with Gasteiger partial charge in [0.1, 0.15) is 0 Å². The molecule has 1 saturated heterocycles. The van der Waals surface area contributed by atoms with Gasteiger partial charge in [0, 0.05) is 31.2 Å². The fourth-order valence-electron chi connectivity index (χ4n) is 3.09. The summed E-state index contributed by atoms with van der Waals surface area (Å²) in [7, 11) is 0. The van der Waals surface area contributed by atoms with Crippen molar-refractivity contribution in [2.75, 3.05) is 43.4 Å². The van der Waals surface area contributed by atoms with Crippen molar-refractivity contribution in [3.63, 3.8) is 0 Å². The predicted molar refractivity (Wildman–Crippen MR) is 86.0 cm³/mol. The van der Waals surface area contributed by atoms with Crippen LogP contribution < -0.4 is 16.0 Å². The number of carbonyl (C=O) groups excluding carboxylic acids is 1. The summed E-state index contributed by atoms with van der Waals surface area (Å²) in [5.41, 5.74) is 2.81. The Kier molecular flexibility index (Phi) is 4.29. The molecule has 0 aliphatic carbocycles. The lowest BCUT2D eigenvalue weighted by atomic mass is 10.1. The number of amides is 1. The first-order valence-electron chi connectivity index (χ1n) is 7.87. The number of fused-ring (bicyclic) bond motifs is 1. The minimum absolute atomic E-state index is 0.0110. The van der Waals surface area contributed by atoms with Gasteiger partial charge < -0.3 is 20.9 Å². The molecule has 2 aliphatic rings. The quantitative estimate of drug-likeness (QED) is 0.790. The fourth-order valence-corrected chi connectivity index (χ4v) is 3.09. The van der Waals surface area contributed by atoms with Crippen molar-refractivity contribution in [1.29, 1.82) is 0 Å². The highest BCUT2D eigenvalue weighted by Gasteiger charge is 2.17. The molecule has 0 aromatic heterocycles. The van der Waals surface area contributed by atoms with Gasteiger partial charge in [-0.05, 0) is 51.1 Å². The Morgan fingerprint density at radius 1 is 1.24 bits per heavy atom. The average Bonchev–Trinajstić information content (AvgIpc) is 2.99. The minimum atomic E-state index is 0.0110. The van der Waals surface area contributed by atoms with Crippen molar-refractivity contribution in [3.8, 4) is 0 Å². The van der Waals surface area contributed by atoms with Gasteiger partial charge in [-0.2, -0.15) is 0 Å². The second kappa shape index (κ2) is 6.35. The van der Waals surface area contributed by atoms with Crippen LogP contribution in [0.5, 0.6) is 0 Å². The first-order valence-corrected chi connectivity index (χ1v) is 7.87. The second-order valence-corrected chi connectivity index (χ2v) is 6.00. The number of carbonyl (C=O) groups is 1. The predicted octanol–water partition coefficient (Wildman–Crippen LogP) is 1.74. The normalized spacial score (nSPS) is 19.3. The summed E-state index contributed by atoms with van der Waals surface area (Å²) in [5.74, 6) is 0.0110. The van der Waals surface area contributed by atoms with E-state index in [0.717, 1.165) is 49.7 Å². The Bertz CT molecular complexity index is 511. The van der Waals surface area contributed by atoms with E-state index >= 15 is 0 Å². The van der Waals surface area contributed by atoms with E-state index in [1.807, 2.05) is 18.2 Å². The van der Waals surface area contributed by atoms with E-state index in [9.17, 15) is 4.79 Å². The molecule has 1 amide bonds. The third-order valence-corrected chi connectivity index (χ3v) is 4.15. The second-order valence-electron chi connectivity index (χ2n) is 6.00. The summed E-state index contributed by atoms with van der Waals surface area (Å²) < 4.78 is 0. The maximum Gasteiger partial charge on any atom is 0.251 e. The molecule has 0 saturated carbocycles. The number of likely N-dealkylation sites (tertiary alicyclic amines) is 1. The standard InChI is InChI=1S/C16H24N4O/c1-12(11-20-8-2-3-9-20)19-16(21)13-4-5-14-15(10-13)18-7-6-17-14/h4-5,10,12,17-18H,2-3,6-9,11H2,1H3,(H,19,21). The molecule has 2 aliphatic heterocycles. The van der Waals surface area contributed by atoms with Gasteiger partial charge in [0.15, 0.2) is 0 Å². The molecule has 1 atom stereocenters. The highest BCUT2D eigenvalue weighted by molar-refractivity contribution is 5.96. The summed E-state index contributed by atoms with van der Waals surface area (Å²) in [5, 5.41) is 9.74. The van der Waals surface area contributed by atoms with E-state index in [1.54, 1.807) is 0 Å². The number of nitrogens with one attached hydrogen (secondary N) is 3. The summed E-state index contributed by atoms with van der Waals surface area (Å²) in [4.78, 5) is 14.8. The molecule has 1 aromatic rings. The van der Waals surface area contributed by atoms with E-state index in [-0.39, 0.29) is 11.9 Å². The van der Waals surface area contributed by atoms with Crippen molar-refractivity contribution in [2.45, 2.75) is 25.8 Å². The molecular formula is C16H24N4O. The van der Waals surface area contributed by atoms with Crippen LogP contribution in [0.25, 0.3) is 0 Å². The summed E-state index contributed by atoms with van der Waals surface area (Å²) in [6.07, 6.45) is 2.56. The van der Waals surface area contributed by atoms with Crippen molar-refractivity contribution in [1.82, 2.24) is 10.2 Å². The number of anilines is 2. The SMILES string of the molecule is CC(CN1CCCC1)NC(=O)c1ccc2c(c1)NCCN2. The number of hydrogen-bond donors (Lipinski definition) is 3. The molecule has 5 nitrogen and oxygen atoms in total. The first kappa shape index (κ1) is 14.2. The van der Waals surface area contributed by atoms with Gasteiger partial charge in [0.05, 0.1) is 11.4 Å². The van der Waals surface area contributed by atoms with Gasteiger partial charge in [-0.1, -0.05) is 0 Å². The van der Waals surface area contributed by atoms with E-state index < -0.39 is 0 Å². The first-order chi connectivity index (χ1) is 10.2. The monoisotopic (exact) mass is 288 g/mol. The van der Waals surface area contributed by atoms with Crippen LogP contribution in [0.2, 0.25) is 0 Å². The summed E-state index contributed by atoms with van der Waals surface area (Å²) in [6, 6.07) is 5.97. The van der Waals surface area contributed by atoms with Gasteiger partial charge in [-0.25, -0.2) is 0 Å². The molecule has 5 heteroatoms. The molecule has 0 bridgehead atoms. The number of hydrogen-bond acceptors (Lipinski definition) is 4. The maximum absolute atomic E-state index is 12.3. The molecule has 21 heavy (non-hydrogen) atoms. The van der Waals surface area contributed by atoms with Gasteiger partial charge in [0.2, 0.25) is 0 Å². The lowest BCUT2D eigenvalue weighted by Gasteiger charge is -2.22. The van der Waals surface area contributed by atoms with Gasteiger partial charge in [-0.15, -0.1) is 0 Å². The Morgan fingerprint density at radius 2 is 1.95 bits per heavy atom. The van der Waals surface area contributed by atoms with Crippen molar-refractivity contribution >= 4 is 17.3 Å². The largest absolute Gasteiger partial charge is 0.382 e. The smallest absolute Gasteiger partial charge is 0.251 e. The van der Waals surface area contributed by atoms with Crippen LogP contribution in [0, 0.1) is 0 Å². The van der Waals surface area contributed by atoms with Crippen molar-refractivity contribution in [2.24, 2.45) is 0 Å². The zero-order valence-electron chi connectivity index (χ0n) is 12.6. The lowest BCUT2D eigenvalue weighted by molar-refractivity contribution is 0.0932. The van der Waals surface area contributed by atoms with Crippen LogP contribution >= 0.6 is 0 Å². The van der Waals surface area contributed by atoms with Crippen molar-refractivity contribution in [3.05, 3.63) is 23.8 Å². The highest BCUT2D eigenvalue weighted by atomic mass is 16.1. The maximum atomic E-state index is 12.3. The minimum Gasteiger partial charge on any atom is -0.382 e. The number of nitrogens with zero attached hydrogens (tertiary/aromatic N) is 1. The van der Waals surface area contributed by atoms with Crippen LogP contribution in [0.15, 0.2) is 18.2 Å². The van der Waals surface area contributed by atoms with E-state index in [0.29, 0.717) is 0 Å². The molecule has 2 heterocycles. The molecule has 0 spiro atoms. The van der Waals surface area contributed by atoms with Crippen LogP contribution in [-0.2, 0) is 0 Å². The Morgan fingerprint density at radius 3 is 2.71 bits per heavy atom. The van der Waals surface area contributed by atoms with Gasteiger partial charge >= 0.3 is 0 Å². The molecule has 1 unspecified atom stereocenters. The van der Waals surface area contributed by atoms with Crippen LogP contribution in [-0.4, -0.2) is 49.6 Å². The zero-order chi connectivity index (χ0) is 14.7. The molecule has 114 valence electrons. The fraction of sp³-hybridized carbons (Fsp3) is 0.562. The topological polar surface area (TPSA) is 56.4 Å². The Labute approximate surface area is 126 Å². The number of benzene rings is 1. The molecular weight excluding hydrogens is 264 g/mol. The molecule has 0 radical (unpaired) electrons. The van der Waals surface area contributed by atoms with Crippen LogP contribution in [0.4, 0.5) is 11.4 Å². The third-order valence-electron chi connectivity index (χ3n) is 4.15. The van der Waals surface area contributed by atoms with E-state index in [4.69, 9.17) is 0 Å². The average molecular weight is 288 g/mol. The zero-order valence-corrected chi connectivity index (χ0v) is 12.6. The molecule has 1 fully saturated rings.